The normalized spacial score (nSPS) is 14.2. The van der Waals surface area contributed by atoms with E-state index in [0.717, 1.165) is 37.3 Å². The van der Waals surface area contributed by atoms with Gasteiger partial charge in [-0.15, -0.1) is 16.2 Å². The Kier molecular flexibility index (Phi) is 5.82. The fourth-order valence-corrected chi connectivity index (χ4v) is 5.53. The predicted octanol–water partition coefficient (Wildman–Crippen LogP) is 3.17. The maximum absolute atomic E-state index is 12.6. The zero-order valence-electron chi connectivity index (χ0n) is 15.6. The van der Waals surface area contributed by atoms with Gasteiger partial charge in [0.2, 0.25) is 0 Å². The number of carbonyl (C=O) groups excluding carboxylic acids is 1. The highest BCUT2D eigenvalue weighted by atomic mass is 32.2. The van der Waals surface area contributed by atoms with E-state index in [0.29, 0.717) is 16.0 Å². The number of nitrogens with zero attached hydrogens (tertiary/aromatic N) is 1. The van der Waals surface area contributed by atoms with Gasteiger partial charge in [0.15, 0.2) is 0 Å². The van der Waals surface area contributed by atoms with Crippen molar-refractivity contribution >= 4 is 33.0 Å². The quantitative estimate of drug-likeness (QED) is 0.435. The Morgan fingerprint density at radius 3 is 2.57 bits per heavy atom. The highest BCUT2D eigenvalue weighted by Gasteiger charge is 2.24. The fraction of sp³-hybridized carbons (Fsp3) is 0.389. The number of fused-ring (bicyclic) bond motifs is 1. The molecule has 1 aliphatic carbocycles. The van der Waals surface area contributed by atoms with Crippen LogP contribution in [0.4, 0.5) is 5.69 Å². The number of sulfonamides is 1. The van der Waals surface area contributed by atoms with Crippen LogP contribution in [-0.2, 0) is 22.9 Å². The first-order valence-electron chi connectivity index (χ1n) is 8.88. The highest BCUT2D eigenvalue weighted by molar-refractivity contribution is 7.89. The molecule has 1 aliphatic rings. The summed E-state index contributed by atoms with van der Waals surface area (Å²) in [5, 5.41) is 11.0. The SMILES string of the molecule is Cc1cc([N+](=O)[O-])cc(S(=O)(=O)NNC(=O)c2cc3c(s2)CCCCC3)c1C. The van der Waals surface area contributed by atoms with Gasteiger partial charge < -0.3 is 0 Å². The number of hydrogen-bond donors (Lipinski definition) is 2. The molecule has 1 aromatic carbocycles. The monoisotopic (exact) mass is 423 g/mol. The lowest BCUT2D eigenvalue weighted by atomic mass is 10.1. The number of benzene rings is 1. The number of carbonyl (C=O) groups is 1. The maximum atomic E-state index is 12.6. The molecule has 0 atom stereocenters. The molecule has 3 rings (SSSR count). The van der Waals surface area contributed by atoms with Crippen LogP contribution in [0.2, 0.25) is 0 Å². The number of amides is 1. The molecular weight excluding hydrogens is 402 g/mol. The van der Waals surface area contributed by atoms with Crippen molar-refractivity contribution in [3.63, 3.8) is 0 Å². The molecule has 8 nitrogen and oxygen atoms in total. The van der Waals surface area contributed by atoms with Crippen LogP contribution in [0.15, 0.2) is 23.1 Å². The van der Waals surface area contributed by atoms with E-state index in [1.807, 2.05) is 6.07 Å². The topological polar surface area (TPSA) is 118 Å². The highest BCUT2D eigenvalue weighted by Crippen LogP contribution is 2.29. The molecular formula is C18H21N3O5S2. The number of rotatable bonds is 5. The van der Waals surface area contributed by atoms with E-state index >= 15 is 0 Å². The number of hydrogen-bond acceptors (Lipinski definition) is 6. The zero-order chi connectivity index (χ0) is 20.5. The number of nitro groups is 1. The standard InChI is InChI=1S/C18H21N3O5S2/c1-11-8-14(21(23)24)10-17(12(11)2)28(25,26)20-19-18(22)16-9-13-6-4-3-5-7-15(13)27-16/h8-10,20H,3-7H2,1-2H3,(H,19,22). The van der Waals surface area contributed by atoms with Gasteiger partial charge in [0.1, 0.15) is 0 Å². The number of hydrazine groups is 1. The van der Waals surface area contributed by atoms with Crippen molar-refractivity contribution in [2.24, 2.45) is 0 Å². The molecule has 0 saturated carbocycles. The van der Waals surface area contributed by atoms with Crippen molar-refractivity contribution in [2.75, 3.05) is 0 Å². The minimum atomic E-state index is -4.16. The first-order valence-corrected chi connectivity index (χ1v) is 11.2. The molecule has 10 heteroatoms. The maximum Gasteiger partial charge on any atom is 0.276 e. The summed E-state index contributed by atoms with van der Waals surface area (Å²) in [6.45, 7) is 3.16. The second-order valence-corrected chi connectivity index (χ2v) is 9.61. The number of nitrogens with one attached hydrogen (secondary N) is 2. The van der Waals surface area contributed by atoms with Crippen LogP contribution in [-0.4, -0.2) is 19.2 Å². The molecule has 2 N–H and O–H groups in total. The molecule has 1 heterocycles. The minimum absolute atomic E-state index is 0.235. The van der Waals surface area contributed by atoms with E-state index in [1.165, 1.54) is 28.7 Å². The lowest BCUT2D eigenvalue weighted by Crippen LogP contribution is -2.41. The number of aryl methyl sites for hydroxylation is 3. The molecule has 1 aromatic heterocycles. The van der Waals surface area contributed by atoms with Gasteiger partial charge >= 0.3 is 0 Å². The third kappa shape index (κ3) is 4.23. The Morgan fingerprint density at radius 1 is 1.14 bits per heavy atom. The average molecular weight is 424 g/mol. The van der Waals surface area contributed by atoms with Crippen LogP contribution in [0.5, 0.6) is 0 Å². The fourth-order valence-electron chi connectivity index (χ4n) is 3.20. The van der Waals surface area contributed by atoms with Crippen LogP contribution in [0.1, 0.15) is 50.5 Å². The summed E-state index contributed by atoms with van der Waals surface area (Å²) in [5.41, 5.74) is 3.91. The third-order valence-corrected chi connectivity index (χ3v) is 7.48. The van der Waals surface area contributed by atoms with Crippen molar-refractivity contribution in [3.8, 4) is 0 Å². The number of nitro benzene ring substituents is 1. The van der Waals surface area contributed by atoms with Crippen LogP contribution in [0, 0.1) is 24.0 Å². The van der Waals surface area contributed by atoms with Gasteiger partial charge in [-0.3, -0.25) is 20.3 Å². The summed E-state index contributed by atoms with van der Waals surface area (Å²) in [6.07, 6.45) is 5.21. The van der Waals surface area contributed by atoms with Crippen molar-refractivity contribution in [3.05, 3.63) is 54.8 Å². The van der Waals surface area contributed by atoms with Gasteiger partial charge in [-0.1, -0.05) is 6.42 Å². The zero-order valence-corrected chi connectivity index (χ0v) is 17.2. The summed E-state index contributed by atoms with van der Waals surface area (Å²) >= 11 is 1.38. The lowest BCUT2D eigenvalue weighted by molar-refractivity contribution is -0.385. The Balaban J connectivity index is 1.78. The summed E-state index contributed by atoms with van der Waals surface area (Å²) in [7, 11) is -4.16. The third-order valence-electron chi connectivity index (χ3n) is 4.87. The summed E-state index contributed by atoms with van der Waals surface area (Å²) in [4.78, 5) is 26.2. The van der Waals surface area contributed by atoms with Crippen molar-refractivity contribution in [2.45, 2.75) is 50.8 Å². The largest absolute Gasteiger partial charge is 0.276 e. The molecule has 0 aliphatic heterocycles. The van der Waals surface area contributed by atoms with Crippen LogP contribution in [0.3, 0.4) is 0 Å². The summed E-state index contributed by atoms with van der Waals surface area (Å²) in [5.74, 6) is -0.540. The first-order chi connectivity index (χ1) is 13.2. The van der Waals surface area contributed by atoms with Crippen LogP contribution < -0.4 is 10.3 Å². The van der Waals surface area contributed by atoms with E-state index in [4.69, 9.17) is 0 Å². The number of thiophene rings is 1. The molecule has 0 unspecified atom stereocenters. The van der Waals surface area contributed by atoms with Crippen molar-refractivity contribution in [1.82, 2.24) is 10.3 Å². The van der Waals surface area contributed by atoms with E-state index in [-0.39, 0.29) is 10.6 Å². The second-order valence-electron chi connectivity index (χ2n) is 6.82. The molecule has 28 heavy (non-hydrogen) atoms. The number of non-ortho nitro benzene ring substituents is 1. The van der Waals surface area contributed by atoms with Gasteiger partial charge in [-0.05, 0) is 62.3 Å². The lowest BCUT2D eigenvalue weighted by Gasteiger charge is -2.11. The summed E-state index contributed by atoms with van der Waals surface area (Å²) in [6, 6.07) is 4.12. The minimum Gasteiger partial charge on any atom is -0.273 e. The Hall–Kier alpha value is -2.30. The van der Waals surface area contributed by atoms with Gasteiger partial charge in [0.25, 0.3) is 21.6 Å². The van der Waals surface area contributed by atoms with Gasteiger partial charge in [0, 0.05) is 17.0 Å². The summed E-state index contributed by atoms with van der Waals surface area (Å²) < 4.78 is 25.2. The van der Waals surface area contributed by atoms with Crippen LogP contribution in [0.25, 0.3) is 0 Å². The molecule has 0 radical (unpaired) electrons. The molecule has 2 aromatic rings. The van der Waals surface area contributed by atoms with Gasteiger partial charge in [0.05, 0.1) is 14.7 Å². The average Bonchev–Trinajstić information content (AvgIpc) is 2.92. The predicted molar refractivity (Wildman–Crippen MR) is 106 cm³/mol. The van der Waals surface area contributed by atoms with Crippen molar-refractivity contribution < 1.29 is 18.1 Å². The Morgan fingerprint density at radius 2 is 1.86 bits per heavy atom. The second kappa shape index (κ2) is 7.98. The van der Waals surface area contributed by atoms with E-state index in [2.05, 4.69) is 10.3 Å². The molecule has 0 spiro atoms. The first kappa shape index (κ1) is 20.4. The molecule has 0 fully saturated rings. The molecule has 0 saturated heterocycles. The molecule has 150 valence electrons. The Labute approximate surface area is 167 Å². The molecule has 0 bridgehead atoms. The van der Waals surface area contributed by atoms with Crippen LogP contribution >= 0.6 is 11.3 Å². The Bertz CT molecular complexity index is 1020. The van der Waals surface area contributed by atoms with E-state index in [1.54, 1.807) is 13.8 Å². The van der Waals surface area contributed by atoms with Crippen molar-refractivity contribution in [1.29, 1.82) is 0 Å². The van der Waals surface area contributed by atoms with E-state index in [9.17, 15) is 23.3 Å². The van der Waals surface area contributed by atoms with E-state index < -0.39 is 20.9 Å². The molecule has 1 amide bonds. The van der Waals surface area contributed by atoms with Gasteiger partial charge in [-0.2, -0.15) is 0 Å². The van der Waals surface area contributed by atoms with Gasteiger partial charge in [-0.25, -0.2) is 8.42 Å². The smallest absolute Gasteiger partial charge is 0.273 e.